The molecule has 0 bridgehead atoms. The molecule has 53 valence electrons. The minimum atomic E-state index is -0.272. The number of carbonyl (C=O) groups excluding carboxylic acids is 1. The van der Waals surface area contributed by atoms with Crippen molar-refractivity contribution in [2.24, 2.45) is 0 Å². The van der Waals surface area contributed by atoms with Crippen molar-refractivity contribution in [1.82, 2.24) is 0 Å². The van der Waals surface area contributed by atoms with Gasteiger partial charge in [0.2, 0.25) is 0 Å². The normalized spacial score (nSPS) is 16.3. The van der Waals surface area contributed by atoms with E-state index < -0.39 is 0 Å². The Morgan fingerprint density at radius 1 is 1.70 bits per heavy atom. The van der Waals surface area contributed by atoms with Crippen molar-refractivity contribution in [2.75, 3.05) is 0 Å². The van der Waals surface area contributed by atoms with Crippen molar-refractivity contribution >= 4 is 5.97 Å². The summed E-state index contributed by atoms with van der Waals surface area (Å²) in [5.41, 5.74) is 0. The molecule has 0 aromatic rings. The van der Waals surface area contributed by atoms with E-state index in [1.807, 2.05) is 12.5 Å². The second kappa shape index (κ2) is 3.20. The van der Waals surface area contributed by atoms with Gasteiger partial charge in [-0.15, -0.1) is 0 Å². The third-order valence-corrected chi connectivity index (χ3v) is 1.10. The van der Waals surface area contributed by atoms with Crippen LogP contribution in [0.4, 0.5) is 0 Å². The molecule has 0 saturated heterocycles. The van der Waals surface area contributed by atoms with Gasteiger partial charge in [0.25, 0.3) is 0 Å². The van der Waals surface area contributed by atoms with Crippen LogP contribution in [0, 0.1) is 6.42 Å². The van der Waals surface area contributed by atoms with Gasteiger partial charge in [0.1, 0.15) is 5.76 Å². The Hall–Kier alpha value is -1.05. The first kappa shape index (κ1) is 7.06. The fraction of sp³-hybridized carbons (Fsp3) is 0.250. The number of hydrogen-bond acceptors (Lipinski definition) is 2. The van der Waals surface area contributed by atoms with E-state index >= 15 is 0 Å². The highest BCUT2D eigenvalue weighted by Crippen LogP contribution is 2.09. The van der Waals surface area contributed by atoms with E-state index in [1.165, 1.54) is 6.92 Å². The molecule has 0 spiro atoms. The van der Waals surface area contributed by atoms with E-state index in [2.05, 4.69) is 0 Å². The molecule has 0 unspecified atom stereocenters. The summed E-state index contributed by atoms with van der Waals surface area (Å²) in [6, 6.07) is 0. The average Bonchev–Trinajstić information content (AvgIpc) is 1.88. The zero-order valence-electron chi connectivity index (χ0n) is 5.83. The van der Waals surface area contributed by atoms with Crippen molar-refractivity contribution in [2.45, 2.75) is 13.3 Å². The SMILES string of the molecule is CC(=O)OC1=C[CH]CC=C1. The van der Waals surface area contributed by atoms with Crippen molar-refractivity contribution in [1.29, 1.82) is 0 Å². The van der Waals surface area contributed by atoms with Gasteiger partial charge in [-0.1, -0.05) is 6.08 Å². The summed E-state index contributed by atoms with van der Waals surface area (Å²) in [6.45, 7) is 1.39. The van der Waals surface area contributed by atoms with E-state index in [4.69, 9.17) is 4.74 Å². The highest BCUT2D eigenvalue weighted by molar-refractivity contribution is 5.67. The Morgan fingerprint density at radius 2 is 2.50 bits per heavy atom. The van der Waals surface area contributed by atoms with Crippen LogP contribution in [-0.2, 0) is 9.53 Å². The van der Waals surface area contributed by atoms with E-state index in [0.29, 0.717) is 5.76 Å². The fourth-order valence-electron chi connectivity index (χ4n) is 0.737. The minimum Gasteiger partial charge on any atom is -0.427 e. The molecule has 1 rings (SSSR count). The molecular formula is C8H9O2. The molecule has 0 atom stereocenters. The third kappa shape index (κ3) is 2.05. The van der Waals surface area contributed by atoms with Gasteiger partial charge >= 0.3 is 5.97 Å². The summed E-state index contributed by atoms with van der Waals surface area (Å²) in [5, 5.41) is 0. The molecule has 2 nitrogen and oxygen atoms in total. The molecule has 1 aliphatic rings. The minimum absolute atomic E-state index is 0.272. The van der Waals surface area contributed by atoms with Crippen LogP contribution in [0.3, 0.4) is 0 Å². The second-order valence-corrected chi connectivity index (χ2v) is 2.04. The first-order valence-electron chi connectivity index (χ1n) is 3.17. The molecule has 0 aliphatic heterocycles. The zero-order valence-corrected chi connectivity index (χ0v) is 5.83. The van der Waals surface area contributed by atoms with Crippen molar-refractivity contribution < 1.29 is 9.53 Å². The van der Waals surface area contributed by atoms with Gasteiger partial charge in [-0.25, -0.2) is 0 Å². The Kier molecular flexibility index (Phi) is 2.26. The first-order chi connectivity index (χ1) is 4.79. The molecule has 10 heavy (non-hydrogen) atoms. The predicted molar refractivity (Wildman–Crippen MR) is 37.9 cm³/mol. The van der Waals surface area contributed by atoms with Crippen molar-refractivity contribution in [3.63, 3.8) is 0 Å². The summed E-state index contributed by atoms with van der Waals surface area (Å²) in [7, 11) is 0. The monoisotopic (exact) mass is 137 g/mol. The molecule has 1 radical (unpaired) electrons. The smallest absolute Gasteiger partial charge is 0.308 e. The van der Waals surface area contributed by atoms with Gasteiger partial charge < -0.3 is 4.74 Å². The summed E-state index contributed by atoms with van der Waals surface area (Å²) in [5.74, 6) is 0.352. The maximum atomic E-state index is 10.4. The lowest BCUT2D eigenvalue weighted by molar-refractivity contribution is -0.136. The molecule has 0 aromatic carbocycles. The number of esters is 1. The molecule has 1 aliphatic carbocycles. The fourth-order valence-corrected chi connectivity index (χ4v) is 0.737. The predicted octanol–water partition coefficient (Wildman–Crippen LogP) is 1.60. The maximum Gasteiger partial charge on any atom is 0.308 e. The van der Waals surface area contributed by atoms with Crippen LogP contribution in [0.1, 0.15) is 13.3 Å². The molecule has 0 heterocycles. The highest BCUT2D eigenvalue weighted by Gasteiger charge is 1.99. The van der Waals surface area contributed by atoms with Gasteiger partial charge in [-0.2, -0.15) is 0 Å². The van der Waals surface area contributed by atoms with Crippen LogP contribution >= 0.6 is 0 Å². The third-order valence-electron chi connectivity index (χ3n) is 1.10. The topological polar surface area (TPSA) is 26.3 Å². The van der Waals surface area contributed by atoms with Gasteiger partial charge in [0.15, 0.2) is 0 Å². The number of hydrogen-bond donors (Lipinski definition) is 0. The van der Waals surface area contributed by atoms with E-state index in [1.54, 1.807) is 12.2 Å². The van der Waals surface area contributed by atoms with Crippen LogP contribution in [0.5, 0.6) is 0 Å². The molecule has 0 aromatic heterocycles. The van der Waals surface area contributed by atoms with Crippen molar-refractivity contribution in [3.8, 4) is 0 Å². The summed E-state index contributed by atoms with van der Waals surface area (Å²) >= 11 is 0. The zero-order chi connectivity index (χ0) is 7.40. The maximum absolute atomic E-state index is 10.4. The Morgan fingerprint density at radius 3 is 3.00 bits per heavy atom. The van der Waals surface area contributed by atoms with E-state index in [0.717, 1.165) is 6.42 Å². The van der Waals surface area contributed by atoms with Crippen LogP contribution in [0.25, 0.3) is 0 Å². The van der Waals surface area contributed by atoms with E-state index in [-0.39, 0.29) is 5.97 Å². The average molecular weight is 137 g/mol. The van der Waals surface area contributed by atoms with Crippen LogP contribution in [0.15, 0.2) is 24.0 Å². The Labute approximate surface area is 60.2 Å². The highest BCUT2D eigenvalue weighted by atomic mass is 16.5. The number of rotatable bonds is 1. The van der Waals surface area contributed by atoms with Crippen molar-refractivity contribution in [3.05, 3.63) is 30.4 Å². The molecule has 0 saturated carbocycles. The van der Waals surface area contributed by atoms with Crippen LogP contribution in [-0.4, -0.2) is 5.97 Å². The molecular weight excluding hydrogens is 128 g/mol. The Balaban J connectivity index is 2.48. The largest absolute Gasteiger partial charge is 0.427 e. The van der Waals surface area contributed by atoms with Crippen LogP contribution in [0.2, 0.25) is 0 Å². The molecule has 0 fully saturated rings. The van der Waals surface area contributed by atoms with Gasteiger partial charge in [0.05, 0.1) is 0 Å². The van der Waals surface area contributed by atoms with Gasteiger partial charge in [0, 0.05) is 6.92 Å². The molecule has 0 amide bonds. The Bertz CT molecular complexity index is 189. The summed E-state index contributed by atoms with van der Waals surface area (Å²) in [4.78, 5) is 10.4. The molecule has 0 N–H and O–H groups in total. The van der Waals surface area contributed by atoms with Gasteiger partial charge in [-0.05, 0) is 25.0 Å². The van der Waals surface area contributed by atoms with Gasteiger partial charge in [-0.3, -0.25) is 4.79 Å². The lowest BCUT2D eigenvalue weighted by Crippen LogP contribution is -1.98. The number of allylic oxidation sites excluding steroid dienone is 3. The standard InChI is InChI=1S/C8H9O2/c1-7(9)10-8-5-3-2-4-6-8/h3-6H,2H2,1H3. The van der Waals surface area contributed by atoms with Crippen LogP contribution < -0.4 is 0 Å². The summed E-state index contributed by atoms with van der Waals surface area (Å²) in [6.07, 6.45) is 8.39. The quantitative estimate of drug-likeness (QED) is 0.513. The second-order valence-electron chi connectivity index (χ2n) is 2.04. The summed E-state index contributed by atoms with van der Waals surface area (Å²) < 4.78 is 4.80. The number of carbonyl (C=O) groups is 1. The lowest BCUT2D eigenvalue weighted by Gasteiger charge is -2.04. The lowest BCUT2D eigenvalue weighted by atomic mass is 10.2. The van der Waals surface area contributed by atoms with E-state index in [9.17, 15) is 4.79 Å². The molecule has 2 heteroatoms. The number of ether oxygens (including phenoxy) is 1. The first-order valence-corrected chi connectivity index (χ1v) is 3.17.